The van der Waals surface area contributed by atoms with Gasteiger partial charge in [-0.15, -0.1) is 24.0 Å². The van der Waals surface area contributed by atoms with E-state index in [4.69, 9.17) is 0 Å². The fraction of sp³-hybridized carbons (Fsp3) is 0.429. The van der Waals surface area contributed by atoms with E-state index in [1.807, 2.05) is 18.2 Å². The lowest BCUT2D eigenvalue weighted by molar-refractivity contribution is -0.124. The van der Waals surface area contributed by atoms with Crippen molar-refractivity contribution in [1.29, 1.82) is 0 Å². The topological polar surface area (TPSA) is 98.7 Å². The summed E-state index contributed by atoms with van der Waals surface area (Å²) in [5.41, 5.74) is 1.00. The van der Waals surface area contributed by atoms with Crippen LogP contribution in [0.2, 0.25) is 0 Å². The number of rotatable bonds is 6. The summed E-state index contributed by atoms with van der Waals surface area (Å²) in [5, 5.41) is 8.71. The molecule has 0 atom stereocenters. The summed E-state index contributed by atoms with van der Waals surface area (Å²) in [4.78, 5) is 32.3. The maximum atomic E-state index is 11.4. The second-order valence-electron chi connectivity index (χ2n) is 4.70. The quantitative estimate of drug-likeness (QED) is 0.254. The fourth-order valence-corrected chi connectivity index (χ4v) is 2.04. The lowest BCUT2D eigenvalue weighted by Crippen LogP contribution is -2.43. The number of guanidine groups is 1. The highest BCUT2D eigenvalue weighted by atomic mass is 127. The van der Waals surface area contributed by atoms with Crippen LogP contribution < -0.4 is 16.0 Å². The second kappa shape index (κ2) is 9.98. The zero-order valence-electron chi connectivity index (χ0n) is 12.9. The SMILES string of the molecule is CN=C(NCCc1ccccn1)NCCN1C(=O)CNC1=O.I. The normalized spacial score (nSPS) is 14.3. The van der Waals surface area contributed by atoms with Gasteiger partial charge in [-0.1, -0.05) is 6.07 Å². The van der Waals surface area contributed by atoms with Crippen LogP contribution in [-0.2, 0) is 11.2 Å². The molecule has 0 saturated carbocycles. The second-order valence-corrected chi connectivity index (χ2v) is 4.70. The molecular formula is C14H21IN6O2. The average Bonchev–Trinajstić information content (AvgIpc) is 2.86. The molecule has 1 aromatic rings. The molecule has 0 unspecified atom stereocenters. The summed E-state index contributed by atoms with van der Waals surface area (Å²) in [6, 6.07) is 5.46. The maximum absolute atomic E-state index is 11.4. The number of imide groups is 1. The smallest absolute Gasteiger partial charge is 0.324 e. The third-order valence-electron chi connectivity index (χ3n) is 3.19. The van der Waals surface area contributed by atoms with Crippen molar-refractivity contribution in [3.8, 4) is 0 Å². The Hall–Kier alpha value is -1.91. The molecule has 1 fully saturated rings. The third-order valence-corrected chi connectivity index (χ3v) is 3.19. The number of nitrogens with one attached hydrogen (secondary N) is 3. The van der Waals surface area contributed by atoms with Gasteiger partial charge >= 0.3 is 6.03 Å². The Morgan fingerprint density at radius 2 is 2.13 bits per heavy atom. The maximum Gasteiger partial charge on any atom is 0.324 e. The zero-order valence-corrected chi connectivity index (χ0v) is 15.2. The number of urea groups is 1. The fourth-order valence-electron chi connectivity index (χ4n) is 2.04. The number of nitrogens with zero attached hydrogens (tertiary/aromatic N) is 3. The van der Waals surface area contributed by atoms with E-state index in [0.717, 1.165) is 12.1 Å². The first-order chi connectivity index (χ1) is 10.7. The van der Waals surface area contributed by atoms with E-state index in [1.54, 1.807) is 13.2 Å². The van der Waals surface area contributed by atoms with Crippen LogP contribution in [0.3, 0.4) is 0 Å². The number of hydrogen-bond acceptors (Lipinski definition) is 4. The molecule has 0 spiro atoms. The Morgan fingerprint density at radius 1 is 1.35 bits per heavy atom. The van der Waals surface area contributed by atoms with Crippen molar-refractivity contribution in [3.05, 3.63) is 30.1 Å². The summed E-state index contributed by atoms with van der Waals surface area (Å²) < 4.78 is 0. The Balaban J connectivity index is 0.00000264. The van der Waals surface area contributed by atoms with Crippen molar-refractivity contribution >= 4 is 41.9 Å². The van der Waals surface area contributed by atoms with Crippen LogP contribution >= 0.6 is 24.0 Å². The van der Waals surface area contributed by atoms with Crippen LogP contribution in [0, 0.1) is 0 Å². The van der Waals surface area contributed by atoms with E-state index in [9.17, 15) is 9.59 Å². The van der Waals surface area contributed by atoms with Crippen LogP contribution in [0.15, 0.2) is 29.4 Å². The van der Waals surface area contributed by atoms with Gasteiger partial charge in [0.1, 0.15) is 0 Å². The first kappa shape index (κ1) is 19.1. The van der Waals surface area contributed by atoms with Crippen molar-refractivity contribution in [2.45, 2.75) is 6.42 Å². The monoisotopic (exact) mass is 432 g/mol. The highest BCUT2D eigenvalue weighted by molar-refractivity contribution is 14.0. The molecule has 0 bridgehead atoms. The Labute approximate surface area is 152 Å². The molecule has 1 aliphatic heterocycles. The number of hydrogen-bond donors (Lipinski definition) is 3. The molecule has 1 aromatic heterocycles. The zero-order chi connectivity index (χ0) is 15.8. The summed E-state index contributed by atoms with van der Waals surface area (Å²) in [5.74, 6) is 0.424. The first-order valence-corrected chi connectivity index (χ1v) is 7.13. The lowest BCUT2D eigenvalue weighted by atomic mass is 10.3. The standard InChI is InChI=1S/C14H20N6O2.HI/c1-15-13(17-7-5-11-4-2-3-6-16-11)18-8-9-20-12(21)10-19-14(20)22;/h2-4,6H,5,7-10H2,1H3,(H,19,22)(H2,15,17,18);1H. The number of aliphatic imine (C=N–C) groups is 1. The van der Waals surface area contributed by atoms with Crippen LogP contribution in [0.4, 0.5) is 4.79 Å². The molecule has 0 aliphatic carbocycles. The van der Waals surface area contributed by atoms with Gasteiger partial charge in [0.2, 0.25) is 5.91 Å². The van der Waals surface area contributed by atoms with E-state index in [1.165, 1.54) is 4.90 Å². The molecule has 1 saturated heterocycles. The third kappa shape index (κ3) is 6.00. The number of halogens is 1. The summed E-state index contributed by atoms with van der Waals surface area (Å²) in [6.45, 7) is 1.53. The van der Waals surface area contributed by atoms with E-state index >= 15 is 0 Å². The van der Waals surface area contributed by atoms with Crippen LogP contribution in [0.1, 0.15) is 5.69 Å². The van der Waals surface area contributed by atoms with Crippen LogP contribution in [0.5, 0.6) is 0 Å². The predicted octanol–water partition coefficient (Wildman–Crippen LogP) is -0.0411. The van der Waals surface area contributed by atoms with E-state index in [0.29, 0.717) is 25.6 Å². The number of carbonyl (C=O) groups excluding carboxylic acids is 2. The van der Waals surface area contributed by atoms with Crippen molar-refractivity contribution in [2.75, 3.05) is 33.2 Å². The number of pyridine rings is 1. The number of amides is 3. The molecule has 8 nitrogen and oxygen atoms in total. The molecular weight excluding hydrogens is 411 g/mol. The van der Waals surface area contributed by atoms with E-state index in [-0.39, 0.29) is 42.5 Å². The Bertz CT molecular complexity index is 535. The van der Waals surface area contributed by atoms with Gasteiger partial charge in [0.15, 0.2) is 5.96 Å². The molecule has 2 rings (SSSR count). The largest absolute Gasteiger partial charge is 0.356 e. The van der Waals surface area contributed by atoms with Crippen molar-refractivity contribution < 1.29 is 9.59 Å². The number of carbonyl (C=O) groups is 2. The predicted molar refractivity (Wildman–Crippen MR) is 97.8 cm³/mol. The van der Waals surface area contributed by atoms with Gasteiger partial charge in [-0.2, -0.15) is 0 Å². The molecule has 2 heterocycles. The minimum absolute atomic E-state index is 0. The van der Waals surface area contributed by atoms with Crippen molar-refractivity contribution in [2.24, 2.45) is 4.99 Å². The summed E-state index contributed by atoms with van der Waals surface area (Å²) in [6.07, 6.45) is 2.55. The van der Waals surface area contributed by atoms with Gasteiger partial charge in [0, 0.05) is 45.0 Å². The molecule has 0 aromatic carbocycles. The molecule has 1 aliphatic rings. The molecule has 126 valence electrons. The number of aromatic nitrogens is 1. The van der Waals surface area contributed by atoms with Crippen molar-refractivity contribution in [1.82, 2.24) is 25.8 Å². The van der Waals surface area contributed by atoms with Gasteiger partial charge in [-0.3, -0.25) is 19.7 Å². The van der Waals surface area contributed by atoms with Crippen LogP contribution in [0.25, 0.3) is 0 Å². The highest BCUT2D eigenvalue weighted by Gasteiger charge is 2.27. The molecule has 9 heteroatoms. The van der Waals surface area contributed by atoms with E-state index in [2.05, 4.69) is 25.9 Å². The van der Waals surface area contributed by atoms with Gasteiger partial charge in [-0.25, -0.2) is 4.79 Å². The van der Waals surface area contributed by atoms with Gasteiger partial charge < -0.3 is 16.0 Å². The Morgan fingerprint density at radius 3 is 2.74 bits per heavy atom. The Kier molecular flexibility index (Phi) is 8.30. The van der Waals surface area contributed by atoms with Gasteiger partial charge in [-0.05, 0) is 12.1 Å². The molecule has 3 N–H and O–H groups in total. The first-order valence-electron chi connectivity index (χ1n) is 7.13. The van der Waals surface area contributed by atoms with Gasteiger partial charge in [0.05, 0.1) is 6.54 Å². The van der Waals surface area contributed by atoms with Crippen LogP contribution in [-0.4, -0.2) is 61.0 Å². The molecule has 23 heavy (non-hydrogen) atoms. The molecule has 3 amide bonds. The van der Waals surface area contributed by atoms with Gasteiger partial charge in [0.25, 0.3) is 0 Å². The minimum Gasteiger partial charge on any atom is -0.356 e. The summed E-state index contributed by atoms with van der Waals surface area (Å²) in [7, 11) is 1.67. The van der Waals surface area contributed by atoms with Crippen molar-refractivity contribution in [3.63, 3.8) is 0 Å². The minimum atomic E-state index is -0.343. The summed E-state index contributed by atoms with van der Waals surface area (Å²) >= 11 is 0. The highest BCUT2D eigenvalue weighted by Crippen LogP contribution is 1.97. The lowest BCUT2D eigenvalue weighted by Gasteiger charge is -2.15. The average molecular weight is 432 g/mol. The van der Waals surface area contributed by atoms with E-state index < -0.39 is 0 Å². The molecule has 0 radical (unpaired) electrons.